The number of benzene rings is 2. The second-order valence-corrected chi connectivity index (χ2v) is 8.32. The van der Waals surface area contributed by atoms with Gasteiger partial charge in [-0.05, 0) is 48.6 Å². The van der Waals surface area contributed by atoms with Gasteiger partial charge >= 0.3 is 0 Å². The van der Waals surface area contributed by atoms with E-state index in [1.165, 1.54) is 17.3 Å². The fraction of sp³-hybridized carbons (Fsp3) is 0.333. The maximum Gasteiger partial charge on any atom is 0.220 e. The van der Waals surface area contributed by atoms with E-state index in [0.29, 0.717) is 11.1 Å². The number of aromatic nitrogens is 3. The Hall–Kier alpha value is -2.67. The summed E-state index contributed by atoms with van der Waals surface area (Å²) in [5.41, 5.74) is 4.22. The zero-order valence-corrected chi connectivity index (χ0v) is 17.3. The molecular weight excluding hydrogens is 372 g/mol. The third kappa shape index (κ3) is 4.59. The van der Waals surface area contributed by atoms with Gasteiger partial charge in [0.05, 0.1) is 0 Å². The molecular formula is C21H24N4O2S. The summed E-state index contributed by atoms with van der Waals surface area (Å²) in [5, 5.41) is 20.1. The molecule has 3 rings (SSSR count). The average molecular weight is 397 g/mol. The summed E-state index contributed by atoms with van der Waals surface area (Å²) in [6.07, 6.45) is 0. The quantitative estimate of drug-likeness (QED) is 0.315. The summed E-state index contributed by atoms with van der Waals surface area (Å²) in [5.74, 6) is 1.17. The van der Waals surface area contributed by atoms with Crippen molar-refractivity contribution < 1.29 is 4.92 Å². The first-order chi connectivity index (χ1) is 13.3. The Kier molecular flexibility index (Phi) is 6.14. The summed E-state index contributed by atoms with van der Waals surface area (Å²) in [6, 6.07) is 16.1. The summed E-state index contributed by atoms with van der Waals surface area (Å²) in [4.78, 5) is 11.0. The van der Waals surface area contributed by atoms with Gasteiger partial charge < -0.3 is 0 Å². The molecule has 146 valence electrons. The molecule has 0 unspecified atom stereocenters. The Morgan fingerprint density at radius 1 is 1.07 bits per heavy atom. The molecule has 0 saturated heterocycles. The van der Waals surface area contributed by atoms with E-state index in [9.17, 15) is 10.1 Å². The van der Waals surface area contributed by atoms with E-state index in [2.05, 4.69) is 30.1 Å². The molecule has 28 heavy (non-hydrogen) atoms. The van der Waals surface area contributed by atoms with Gasteiger partial charge in [0, 0.05) is 10.6 Å². The van der Waals surface area contributed by atoms with Gasteiger partial charge in [-0.25, -0.2) is 0 Å². The van der Waals surface area contributed by atoms with Crippen LogP contribution in [0.4, 0.5) is 0 Å². The van der Waals surface area contributed by atoms with Gasteiger partial charge in [0.15, 0.2) is 5.16 Å². The first-order valence-corrected chi connectivity index (χ1v) is 10.1. The Morgan fingerprint density at radius 3 is 2.36 bits per heavy atom. The van der Waals surface area contributed by atoms with Crippen LogP contribution in [-0.2, 0) is 0 Å². The third-order valence-electron chi connectivity index (χ3n) is 4.59. The van der Waals surface area contributed by atoms with Gasteiger partial charge in [-0.1, -0.05) is 62.0 Å². The molecule has 0 aliphatic carbocycles. The second-order valence-electron chi connectivity index (χ2n) is 7.15. The Balaban J connectivity index is 1.95. The minimum absolute atomic E-state index is 0.175. The van der Waals surface area contributed by atoms with Crippen LogP contribution in [0.25, 0.3) is 5.69 Å². The van der Waals surface area contributed by atoms with E-state index in [4.69, 9.17) is 0 Å². The highest BCUT2D eigenvalue weighted by atomic mass is 32.2. The van der Waals surface area contributed by atoms with Crippen molar-refractivity contribution >= 4 is 11.8 Å². The Labute approximate surface area is 169 Å². The van der Waals surface area contributed by atoms with Crippen molar-refractivity contribution in [1.82, 2.24) is 14.8 Å². The van der Waals surface area contributed by atoms with Crippen LogP contribution < -0.4 is 0 Å². The maximum absolute atomic E-state index is 11.3. The maximum atomic E-state index is 11.3. The zero-order chi connectivity index (χ0) is 20.3. The number of hydrogen-bond donors (Lipinski definition) is 0. The smallest absolute Gasteiger partial charge is 0.220 e. The molecule has 0 bridgehead atoms. The standard InChI is InChI=1S/C21H24N4O2S/c1-14(2)17-8-10-18(11-9-17)20(13-24(26)27)28-21-23-22-16(4)25(21)19-7-5-6-15(3)12-19/h5-12,14,20H,13H2,1-4H3/t20-/m1/s1. The van der Waals surface area contributed by atoms with E-state index >= 15 is 0 Å². The van der Waals surface area contributed by atoms with Crippen LogP contribution in [-0.4, -0.2) is 26.2 Å². The monoisotopic (exact) mass is 396 g/mol. The van der Waals surface area contributed by atoms with E-state index in [1.54, 1.807) is 0 Å². The molecule has 1 heterocycles. The fourth-order valence-corrected chi connectivity index (χ4v) is 4.23. The number of nitro groups is 1. The van der Waals surface area contributed by atoms with Gasteiger partial charge in [-0.15, -0.1) is 10.2 Å². The molecule has 0 radical (unpaired) electrons. The van der Waals surface area contributed by atoms with E-state index < -0.39 is 0 Å². The number of thioether (sulfide) groups is 1. The Morgan fingerprint density at radius 2 is 1.75 bits per heavy atom. The van der Waals surface area contributed by atoms with Crippen molar-refractivity contribution in [2.24, 2.45) is 0 Å². The Bertz CT molecular complexity index is 967. The van der Waals surface area contributed by atoms with Crippen molar-refractivity contribution in [3.63, 3.8) is 0 Å². The lowest BCUT2D eigenvalue weighted by molar-refractivity contribution is -0.479. The van der Waals surface area contributed by atoms with Crippen LogP contribution in [0.1, 0.15) is 47.5 Å². The number of hydrogen-bond acceptors (Lipinski definition) is 5. The first kappa shape index (κ1) is 20.1. The lowest BCUT2D eigenvalue weighted by Gasteiger charge is -2.15. The second kappa shape index (κ2) is 8.56. The molecule has 0 amide bonds. The molecule has 2 aromatic carbocycles. The first-order valence-electron chi connectivity index (χ1n) is 9.22. The van der Waals surface area contributed by atoms with Crippen LogP contribution in [0.2, 0.25) is 0 Å². The van der Waals surface area contributed by atoms with Gasteiger partial charge in [0.1, 0.15) is 11.1 Å². The van der Waals surface area contributed by atoms with E-state index in [-0.39, 0.29) is 16.7 Å². The molecule has 0 saturated carbocycles. The predicted molar refractivity (Wildman–Crippen MR) is 112 cm³/mol. The SMILES string of the molecule is Cc1cccc(-n2c(C)nnc2S[C@H](C[N+](=O)[O-])c2ccc(C(C)C)cc2)c1. The van der Waals surface area contributed by atoms with Crippen LogP contribution in [0.3, 0.4) is 0 Å². The topological polar surface area (TPSA) is 73.8 Å². The van der Waals surface area contributed by atoms with Crippen molar-refractivity contribution in [3.8, 4) is 5.69 Å². The van der Waals surface area contributed by atoms with Gasteiger partial charge in [0.25, 0.3) is 0 Å². The van der Waals surface area contributed by atoms with Crippen molar-refractivity contribution in [2.45, 2.75) is 44.0 Å². The molecule has 0 N–H and O–H groups in total. The predicted octanol–water partition coefficient (Wildman–Crippen LogP) is 5.12. The van der Waals surface area contributed by atoms with Gasteiger partial charge in [-0.2, -0.15) is 0 Å². The fourth-order valence-electron chi connectivity index (χ4n) is 3.05. The van der Waals surface area contributed by atoms with Crippen molar-refractivity contribution in [3.05, 3.63) is 81.2 Å². The largest absolute Gasteiger partial charge is 0.274 e. The zero-order valence-electron chi connectivity index (χ0n) is 16.5. The molecule has 1 aromatic heterocycles. The van der Waals surface area contributed by atoms with Gasteiger partial charge in [-0.3, -0.25) is 14.7 Å². The third-order valence-corrected chi connectivity index (χ3v) is 5.77. The van der Waals surface area contributed by atoms with Crippen molar-refractivity contribution in [1.29, 1.82) is 0 Å². The summed E-state index contributed by atoms with van der Waals surface area (Å²) >= 11 is 1.38. The molecule has 0 spiro atoms. The minimum Gasteiger partial charge on any atom is -0.274 e. The lowest BCUT2D eigenvalue weighted by atomic mass is 10.0. The number of nitrogens with zero attached hydrogens (tertiary/aromatic N) is 4. The van der Waals surface area contributed by atoms with E-state index in [1.807, 2.05) is 60.9 Å². The molecule has 1 atom stereocenters. The molecule has 0 aliphatic rings. The van der Waals surface area contributed by atoms with Gasteiger partial charge in [0.2, 0.25) is 6.54 Å². The lowest BCUT2D eigenvalue weighted by Crippen LogP contribution is -2.11. The highest BCUT2D eigenvalue weighted by Gasteiger charge is 2.24. The molecule has 7 heteroatoms. The average Bonchev–Trinajstić information content (AvgIpc) is 3.01. The molecule has 0 fully saturated rings. The number of rotatable bonds is 7. The van der Waals surface area contributed by atoms with Crippen LogP contribution in [0.5, 0.6) is 0 Å². The highest BCUT2D eigenvalue weighted by Crippen LogP contribution is 2.36. The van der Waals surface area contributed by atoms with E-state index in [0.717, 1.165) is 22.6 Å². The molecule has 3 aromatic rings. The molecule has 0 aliphatic heterocycles. The van der Waals surface area contributed by atoms with Crippen molar-refractivity contribution in [2.75, 3.05) is 6.54 Å². The number of aryl methyl sites for hydroxylation is 2. The summed E-state index contributed by atoms with van der Waals surface area (Å²) < 4.78 is 1.95. The van der Waals surface area contributed by atoms with Crippen LogP contribution in [0, 0.1) is 24.0 Å². The van der Waals surface area contributed by atoms with Crippen LogP contribution in [0.15, 0.2) is 53.7 Å². The summed E-state index contributed by atoms with van der Waals surface area (Å²) in [7, 11) is 0. The van der Waals surface area contributed by atoms with Crippen LogP contribution >= 0.6 is 11.8 Å². The minimum atomic E-state index is -0.344. The summed E-state index contributed by atoms with van der Waals surface area (Å²) in [6.45, 7) is 8.00. The highest BCUT2D eigenvalue weighted by molar-refractivity contribution is 7.99. The molecule has 6 nitrogen and oxygen atoms in total. The normalized spacial score (nSPS) is 12.3.